The summed E-state index contributed by atoms with van der Waals surface area (Å²) in [6, 6.07) is 24.5. The molecule has 0 unspecified atom stereocenters. The molecule has 3 rings (SSSR count). The van der Waals surface area contributed by atoms with E-state index in [0.717, 1.165) is 22.7 Å². The molecule has 0 bridgehead atoms. The first kappa shape index (κ1) is 17.9. The van der Waals surface area contributed by atoms with Crippen LogP contribution in [0.15, 0.2) is 84.0 Å². The van der Waals surface area contributed by atoms with Crippen LogP contribution in [0.2, 0.25) is 5.02 Å². The lowest BCUT2D eigenvalue weighted by molar-refractivity contribution is 0.482. The van der Waals surface area contributed by atoms with Gasteiger partial charge in [-0.25, -0.2) is 0 Å². The lowest BCUT2D eigenvalue weighted by Gasteiger charge is -2.07. The van der Waals surface area contributed by atoms with E-state index in [2.05, 4.69) is 15.8 Å². The third-order valence-electron chi connectivity index (χ3n) is 3.34. The molecule has 3 aromatic rings. The van der Waals surface area contributed by atoms with Crippen LogP contribution in [-0.2, 0) is 0 Å². The van der Waals surface area contributed by atoms with Crippen LogP contribution in [0.1, 0.15) is 5.56 Å². The molecule has 6 heteroatoms. The van der Waals surface area contributed by atoms with E-state index in [1.165, 1.54) is 0 Å². The van der Waals surface area contributed by atoms with Gasteiger partial charge in [-0.1, -0.05) is 29.8 Å². The lowest BCUT2D eigenvalue weighted by Crippen LogP contribution is -2.23. The molecule has 0 amide bonds. The van der Waals surface area contributed by atoms with E-state index in [0.29, 0.717) is 10.1 Å². The Morgan fingerprint density at radius 3 is 2.23 bits per heavy atom. The molecular weight excluding hydrogens is 366 g/mol. The fourth-order valence-electron chi connectivity index (χ4n) is 2.10. The molecule has 2 N–H and O–H groups in total. The van der Waals surface area contributed by atoms with Crippen molar-refractivity contribution in [3.63, 3.8) is 0 Å². The Morgan fingerprint density at radius 2 is 1.54 bits per heavy atom. The zero-order valence-corrected chi connectivity index (χ0v) is 15.3. The average Bonchev–Trinajstić information content (AvgIpc) is 2.66. The summed E-state index contributed by atoms with van der Waals surface area (Å²) in [5.74, 6) is 1.57. The number of rotatable bonds is 5. The van der Waals surface area contributed by atoms with Gasteiger partial charge < -0.3 is 10.1 Å². The van der Waals surface area contributed by atoms with E-state index >= 15 is 0 Å². The Labute approximate surface area is 162 Å². The standard InChI is InChI=1S/C20H16ClN3OS/c21-16-8-10-17(11-9-16)23-20(26)24-22-14-15-6-12-19(13-7-15)25-18-4-2-1-3-5-18/h1-14H,(H2,23,24,26)/b22-14+. The number of benzene rings is 3. The third kappa shape index (κ3) is 5.58. The van der Waals surface area contributed by atoms with Crippen LogP contribution in [0.4, 0.5) is 5.69 Å². The fraction of sp³-hybridized carbons (Fsp3) is 0. The number of hydrazone groups is 1. The molecule has 0 heterocycles. The van der Waals surface area contributed by atoms with Gasteiger partial charge in [0.25, 0.3) is 0 Å². The minimum absolute atomic E-state index is 0.396. The maximum Gasteiger partial charge on any atom is 0.191 e. The number of nitrogens with zero attached hydrogens (tertiary/aromatic N) is 1. The van der Waals surface area contributed by atoms with Crippen molar-refractivity contribution in [2.75, 3.05) is 5.32 Å². The summed E-state index contributed by atoms with van der Waals surface area (Å²) in [7, 11) is 0. The zero-order chi connectivity index (χ0) is 18.2. The van der Waals surface area contributed by atoms with Crippen LogP contribution < -0.4 is 15.5 Å². The minimum atomic E-state index is 0.396. The normalized spacial score (nSPS) is 10.5. The molecule has 0 saturated carbocycles. The molecule has 0 radical (unpaired) electrons. The summed E-state index contributed by atoms with van der Waals surface area (Å²) < 4.78 is 5.75. The lowest BCUT2D eigenvalue weighted by atomic mass is 10.2. The van der Waals surface area contributed by atoms with E-state index in [4.69, 9.17) is 28.6 Å². The SMILES string of the molecule is S=C(N/N=C/c1ccc(Oc2ccccc2)cc1)Nc1ccc(Cl)cc1. The number of halogens is 1. The van der Waals surface area contributed by atoms with Crippen molar-refractivity contribution in [1.82, 2.24) is 5.43 Å². The highest BCUT2D eigenvalue weighted by molar-refractivity contribution is 7.80. The minimum Gasteiger partial charge on any atom is -0.457 e. The number of hydrogen-bond acceptors (Lipinski definition) is 3. The predicted molar refractivity (Wildman–Crippen MR) is 111 cm³/mol. The van der Waals surface area contributed by atoms with Crippen LogP contribution in [0.5, 0.6) is 11.5 Å². The van der Waals surface area contributed by atoms with Gasteiger partial charge in [0.05, 0.1) is 6.21 Å². The van der Waals surface area contributed by atoms with Crippen LogP contribution in [-0.4, -0.2) is 11.3 Å². The van der Waals surface area contributed by atoms with E-state index in [9.17, 15) is 0 Å². The zero-order valence-electron chi connectivity index (χ0n) is 13.7. The van der Waals surface area contributed by atoms with Crippen LogP contribution in [0.25, 0.3) is 0 Å². The largest absolute Gasteiger partial charge is 0.457 e. The van der Waals surface area contributed by atoms with Gasteiger partial charge in [-0.3, -0.25) is 5.43 Å². The second-order valence-corrected chi connectivity index (χ2v) is 6.16. The molecule has 0 atom stereocenters. The van der Waals surface area contributed by atoms with Gasteiger partial charge in [-0.15, -0.1) is 0 Å². The molecule has 3 aromatic carbocycles. The number of anilines is 1. The highest BCUT2D eigenvalue weighted by atomic mass is 35.5. The summed E-state index contributed by atoms with van der Waals surface area (Å²) in [6.07, 6.45) is 1.68. The molecule has 0 saturated heterocycles. The van der Waals surface area contributed by atoms with Gasteiger partial charge in [-0.05, 0) is 78.4 Å². The first-order valence-corrected chi connectivity index (χ1v) is 8.66. The maximum atomic E-state index is 5.85. The average molecular weight is 382 g/mol. The van der Waals surface area contributed by atoms with Gasteiger partial charge in [-0.2, -0.15) is 5.10 Å². The first-order chi connectivity index (χ1) is 12.7. The van der Waals surface area contributed by atoms with Crippen molar-refractivity contribution in [1.29, 1.82) is 0 Å². The number of ether oxygens (including phenoxy) is 1. The van der Waals surface area contributed by atoms with Gasteiger partial charge in [0.15, 0.2) is 5.11 Å². The van der Waals surface area contributed by atoms with Gasteiger partial charge >= 0.3 is 0 Å². The van der Waals surface area contributed by atoms with Crippen molar-refractivity contribution >= 4 is 40.8 Å². The van der Waals surface area contributed by atoms with E-state index < -0.39 is 0 Å². The number of thiocarbonyl (C=S) groups is 1. The molecular formula is C20H16ClN3OS. The van der Waals surface area contributed by atoms with E-state index in [-0.39, 0.29) is 0 Å². The Kier molecular flexibility index (Phi) is 6.19. The Hall–Kier alpha value is -2.89. The van der Waals surface area contributed by atoms with Gasteiger partial charge in [0.2, 0.25) is 0 Å². The second kappa shape index (κ2) is 8.99. The molecule has 0 spiro atoms. The summed E-state index contributed by atoms with van der Waals surface area (Å²) in [5, 5.41) is 8.21. The molecule has 130 valence electrons. The smallest absolute Gasteiger partial charge is 0.191 e. The fourth-order valence-corrected chi connectivity index (χ4v) is 2.40. The van der Waals surface area contributed by atoms with Crippen LogP contribution >= 0.6 is 23.8 Å². The number of para-hydroxylation sites is 1. The quantitative estimate of drug-likeness (QED) is 0.350. The Morgan fingerprint density at radius 1 is 0.885 bits per heavy atom. The number of hydrogen-bond donors (Lipinski definition) is 2. The van der Waals surface area contributed by atoms with E-state index in [1.54, 1.807) is 18.3 Å². The maximum absolute atomic E-state index is 5.85. The van der Waals surface area contributed by atoms with Crippen molar-refractivity contribution in [2.45, 2.75) is 0 Å². The summed E-state index contributed by atoms with van der Waals surface area (Å²) in [5.41, 5.74) is 4.54. The molecule has 0 aliphatic heterocycles. The van der Waals surface area contributed by atoms with Crippen LogP contribution in [0.3, 0.4) is 0 Å². The Balaban J connectivity index is 1.50. The molecule has 4 nitrogen and oxygen atoms in total. The summed E-state index contributed by atoms with van der Waals surface area (Å²) >= 11 is 11.0. The van der Waals surface area contributed by atoms with Crippen molar-refractivity contribution in [3.8, 4) is 11.5 Å². The summed E-state index contributed by atoms with van der Waals surface area (Å²) in [6.45, 7) is 0. The monoisotopic (exact) mass is 381 g/mol. The third-order valence-corrected chi connectivity index (χ3v) is 3.79. The van der Waals surface area contributed by atoms with Crippen molar-refractivity contribution in [3.05, 3.63) is 89.4 Å². The van der Waals surface area contributed by atoms with Crippen molar-refractivity contribution < 1.29 is 4.74 Å². The molecule has 0 aliphatic rings. The van der Waals surface area contributed by atoms with Crippen molar-refractivity contribution in [2.24, 2.45) is 5.10 Å². The first-order valence-electron chi connectivity index (χ1n) is 7.88. The predicted octanol–water partition coefficient (Wildman–Crippen LogP) is 5.45. The van der Waals surface area contributed by atoms with Gasteiger partial charge in [0, 0.05) is 10.7 Å². The number of nitrogens with one attached hydrogen (secondary N) is 2. The molecule has 26 heavy (non-hydrogen) atoms. The molecule has 0 aromatic heterocycles. The van der Waals surface area contributed by atoms with Gasteiger partial charge in [0.1, 0.15) is 11.5 Å². The van der Waals surface area contributed by atoms with Crippen LogP contribution in [0, 0.1) is 0 Å². The second-order valence-electron chi connectivity index (χ2n) is 5.32. The van der Waals surface area contributed by atoms with E-state index in [1.807, 2.05) is 66.7 Å². The highest BCUT2D eigenvalue weighted by Crippen LogP contribution is 2.20. The topological polar surface area (TPSA) is 45.7 Å². The molecule has 0 aliphatic carbocycles. The summed E-state index contributed by atoms with van der Waals surface area (Å²) in [4.78, 5) is 0. The highest BCUT2D eigenvalue weighted by Gasteiger charge is 1.98. The Bertz CT molecular complexity index is 881. The molecule has 0 fully saturated rings.